The van der Waals surface area contributed by atoms with E-state index in [1.165, 1.54) is 11.1 Å². The summed E-state index contributed by atoms with van der Waals surface area (Å²) in [5, 5.41) is 3.58. The first-order valence-corrected chi connectivity index (χ1v) is 8.55. The zero-order chi connectivity index (χ0) is 17.6. The molecular formula is C22H24N2O. The van der Waals surface area contributed by atoms with Crippen LogP contribution in [0.25, 0.3) is 11.1 Å². The van der Waals surface area contributed by atoms with Gasteiger partial charge in [-0.3, -0.25) is 4.98 Å². The minimum Gasteiger partial charge on any atom is -0.496 e. The Morgan fingerprint density at radius 2 is 1.84 bits per heavy atom. The lowest BCUT2D eigenvalue weighted by Crippen LogP contribution is -2.18. The second-order valence-corrected chi connectivity index (χ2v) is 6.24. The molecule has 128 valence electrons. The Balaban J connectivity index is 1.78. The first-order chi connectivity index (χ1) is 12.2. The van der Waals surface area contributed by atoms with Gasteiger partial charge < -0.3 is 10.1 Å². The van der Waals surface area contributed by atoms with E-state index in [4.69, 9.17) is 4.74 Å². The molecule has 0 aliphatic rings. The first-order valence-electron chi connectivity index (χ1n) is 8.55. The van der Waals surface area contributed by atoms with Gasteiger partial charge >= 0.3 is 0 Å². The van der Waals surface area contributed by atoms with Crippen molar-refractivity contribution in [1.29, 1.82) is 0 Å². The molecule has 0 saturated heterocycles. The minimum atomic E-state index is 0.299. The number of hydrogen-bond acceptors (Lipinski definition) is 3. The predicted molar refractivity (Wildman–Crippen MR) is 103 cm³/mol. The molecule has 3 heteroatoms. The molecule has 0 aliphatic heterocycles. The molecule has 1 N–H and O–H groups in total. The molecule has 1 atom stereocenters. The highest BCUT2D eigenvalue weighted by molar-refractivity contribution is 5.70. The third-order valence-corrected chi connectivity index (χ3v) is 4.40. The number of benzene rings is 2. The van der Waals surface area contributed by atoms with E-state index in [0.29, 0.717) is 6.04 Å². The molecule has 1 heterocycles. The fourth-order valence-electron chi connectivity index (χ4n) is 2.85. The number of nitrogens with one attached hydrogen (secondary N) is 1. The summed E-state index contributed by atoms with van der Waals surface area (Å²) in [6.45, 7) is 4.97. The molecule has 3 aromatic rings. The molecule has 3 rings (SSSR count). The number of ether oxygens (including phenoxy) is 1. The lowest BCUT2D eigenvalue weighted by Gasteiger charge is -2.16. The highest BCUT2D eigenvalue weighted by Gasteiger charge is 2.09. The van der Waals surface area contributed by atoms with E-state index in [9.17, 15) is 0 Å². The Morgan fingerprint density at radius 3 is 2.52 bits per heavy atom. The number of rotatable bonds is 6. The van der Waals surface area contributed by atoms with E-state index in [2.05, 4.69) is 59.7 Å². The van der Waals surface area contributed by atoms with Crippen molar-refractivity contribution in [3.63, 3.8) is 0 Å². The van der Waals surface area contributed by atoms with Gasteiger partial charge in [-0.05, 0) is 43.2 Å². The number of aromatic nitrogens is 1. The van der Waals surface area contributed by atoms with Crippen molar-refractivity contribution >= 4 is 0 Å². The van der Waals surface area contributed by atoms with Crippen LogP contribution in [0.4, 0.5) is 0 Å². The monoisotopic (exact) mass is 332 g/mol. The molecule has 25 heavy (non-hydrogen) atoms. The summed E-state index contributed by atoms with van der Waals surface area (Å²) >= 11 is 0. The van der Waals surface area contributed by atoms with Crippen LogP contribution in [0.3, 0.4) is 0 Å². The molecule has 0 unspecified atom stereocenters. The molecule has 0 fully saturated rings. The van der Waals surface area contributed by atoms with Crippen molar-refractivity contribution in [3.8, 4) is 16.9 Å². The van der Waals surface area contributed by atoms with Gasteiger partial charge in [0.25, 0.3) is 0 Å². The molecule has 0 amide bonds. The quantitative estimate of drug-likeness (QED) is 0.696. The maximum atomic E-state index is 5.53. The van der Waals surface area contributed by atoms with Crippen LogP contribution in [0.1, 0.15) is 29.8 Å². The zero-order valence-electron chi connectivity index (χ0n) is 15.0. The summed E-state index contributed by atoms with van der Waals surface area (Å²) in [5.41, 5.74) is 5.66. The van der Waals surface area contributed by atoms with E-state index in [1.54, 1.807) is 7.11 Å². The molecule has 0 bridgehead atoms. The van der Waals surface area contributed by atoms with Crippen molar-refractivity contribution in [2.45, 2.75) is 26.4 Å². The Bertz CT molecular complexity index is 813. The fourth-order valence-corrected chi connectivity index (χ4v) is 2.85. The van der Waals surface area contributed by atoms with Gasteiger partial charge in [-0.2, -0.15) is 0 Å². The first kappa shape index (κ1) is 17.2. The molecule has 1 aromatic heterocycles. The SMILES string of the molecule is COc1ccc(CN[C@H](C)c2ccccc2)cc1-c1ccc(C)nc1. The Hall–Kier alpha value is -2.65. The van der Waals surface area contributed by atoms with Gasteiger partial charge in [0.15, 0.2) is 0 Å². The summed E-state index contributed by atoms with van der Waals surface area (Å²) < 4.78 is 5.53. The van der Waals surface area contributed by atoms with Crippen LogP contribution in [-0.4, -0.2) is 12.1 Å². The van der Waals surface area contributed by atoms with Gasteiger partial charge in [-0.15, -0.1) is 0 Å². The maximum absolute atomic E-state index is 5.53. The van der Waals surface area contributed by atoms with Crippen molar-refractivity contribution in [2.24, 2.45) is 0 Å². The minimum absolute atomic E-state index is 0.299. The van der Waals surface area contributed by atoms with E-state index >= 15 is 0 Å². The highest BCUT2D eigenvalue weighted by Crippen LogP contribution is 2.30. The normalized spacial score (nSPS) is 12.0. The van der Waals surface area contributed by atoms with Gasteiger partial charge in [-0.25, -0.2) is 0 Å². The predicted octanol–water partition coefficient (Wildman–Crippen LogP) is 4.92. The largest absolute Gasteiger partial charge is 0.496 e. The van der Waals surface area contributed by atoms with Gasteiger partial charge in [-0.1, -0.05) is 42.5 Å². The number of methoxy groups -OCH3 is 1. The summed E-state index contributed by atoms with van der Waals surface area (Å²) in [7, 11) is 1.70. The molecule has 2 aromatic carbocycles. The smallest absolute Gasteiger partial charge is 0.126 e. The van der Waals surface area contributed by atoms with Crippen molar-refractivity contribution in [2.75, 3.05) is 7.11 Å². The molecule has 0 aliphatic carbocycles. The second-order valence-electron chi connectivity index (χ2n) is 6.24. The Morgan fingerprint density at radius 1 is 1.04 bits per heavy atom. The Kier molecular flexibility index (Phi) is 5.46. The van der Waals surface area contributed by atoms with Crippen molar-refractivity contribution < 1.29 is 4.74 Å². The van der Waals surface area contributed by atoms with Crippen LogP contribution in [0.2, 0.25) is 0 Å². The molecule has 3 nitrogen and oxygen atoms in total. The summed E-state index contributed by atoms with van der Waals surface area (Å²) in [6, 6.07) is 21.2. The lowest BCUT2D eigenvalue weighted by atomic mass is 10.0. The number of aryl methyl sites for hydroxylation is 1. The van der Waals surface area contributed by atoms with Gasteiger partial charge in [0.1, 0.15) is 5.75 Å². The zero-order valence-corrected chi connectivity index (χ0v) is 15.0. The topological polar surface area (TPSA) is 34.1 Å². The van der Waals surface area contributed by atoms with Gasteiger partial charge in [0, 0.05) is 35.6 Å². The molecule has 0 saturated carbocycles. The van der Waals surface area contributed by atoms with Crippen molar-refractivity contribution in [3.05, 3.63) is 83.7 Å². The second kappa shape index (κ2) is 7.95. The standard InChI is InChI=1S/C22H24N2O/c1-16-9-11-20(15-23-16)21-13-18(10-12-22(21)25-3)14-24-17(2)19-7-5-4-6-8-19/h4-13,15,17,24H,14H2,1-3H3/t17-/m1/s1. The van der Waals surface area contributed by atoms with Crippen LogP contribution in [0, 0.1) is 6.92 Å². The van der Waals surface area contributed by atoms with Crippen LogP contribution in [-0.2, 0) is 6.54 Å². The van der Waals surface area contributed by atoms with E-state index in [-0.39, 0.29) is 0 Å². The lowest BCUT2D eigenvalue weighted by molar-refractivity contribution is 0.416. The molecule has 0 radical (unpaired) electrons. The third-order valence-electron chi connectivity index (χ3n) is 4.40. The van der Waals surface area contributed by atoms with Gasteiger partial charge in [0.2, 0.25) is 0 Å². The number of pyridine rings is 1. The number of nitrogens with zero attached hydrogens (tertiary/aromatic N) is 1. The molecular weight excluding hydrogens is 308 g/mol. The van der Waals surface area contributed by atoms with Crippen LogP contribution in [0.5, 0.6) is 5.75 Å². The van der Waals surface area contributed by atoms with Crippen molar-refractivity contribution in [1.82, 2.24) is 10.3 Å². The van der Waals surface area contributed by atoms with Crippen LogP contribution < -0.4 is 10.1 Å². The summed E-state index contributed by atoms with van der Waals surface area (Å²) in [4.78, 5) is 4.40. The van der Waals surface area contributed by atoms with E-state index in [0.717, 1.165) is 29.1 Å². The van der Waals surface area contributed by atoms with Crippen LogP contribution >= 0.6 is 0 Å². The number of hydrogen-bond donors (Lipinski definition) is 1. The van der Waals surface area contributed by atoms with E-state index in [1.807, 2.05) is 31.3 Å². The average molecular weight is 332 g/mol. The van der Waals surface area contributed by atoms with Crippen LogP contribution in [0.15, 0.2) is 66.9 Å². The highest BCUT2D eigenvalue weighted by atomic mass is 16.5. The van der Waals surface area contributed by atoms with E-state index < -0.39 is 0 Å². The summed E-state index contributed by atoms with van der Waals surface area (Å²) in [6.07, 6.45) is 1.90. The average Bonchev–Trinajstić information content (AvgIpc) is 2.67. The summed E-state index contributed by atoms with van der Waals surface area (Å²) in [5.74, 6) is 0.866. The fraction of sp³-hybridized carbons (Fsp3) is 0.227. The molecule has 0 spiro atoms. The third kappa shape index (κ3) is 4.25. The van der Waals surface area contributed by atoms with Gasteiger partial charge in [0.05, 0.1) is 7.11 Å². The Labute approximate surface area is 149 Å². The maximum Gasteiger partial charge on any atom is 0.126 e.